The minimum absolute atomic E-state index is 0.0431. The van der Waals surface area contributed by atoms with Crippen LogP contribution in [0, 0.1) is 5.92 Å². The molecule has 1 aromatic heterocycles. The third-order valence-electron chi connectivity index (χ3n) is 5.99. The van der Waals surface area contributed by atoms with Crippen LogP contribution in [0.15, 0.2) is 30.3 Å². The number of aromatic nitrogens is 4. The highest BCUT2D eigenvalue weighted by atomic mass is 15.5. The lowest BCUT2D eigenvalue weighted by Gasteiger charge is -2.40. The molecule has 2 heterocycles. The van der Waals surface area contributed by atoms with Crippen LogP contribution in [-0.4, -0.2) is 26.8 Å². The summed E-state index contributed by atoms with van der Waals surface area (Å²) in [5, 5.41) is 16.8. The lowest BCUT2D eigenvalue weighted by atomic mass is 9.75. The fraction of sp³-hybridized carbons (Fsp3) is 0.650. The lowest BCUT2D eigenvalue weighted by molar-refractivity contribution is 0.164. The zero-order valence-corrected chi connectivity index (χ0v) is 15.0. The van der Waals surface area contributed by atoms with Crippen LogP contribution in [0.25, 0.3) is 0 Å². The molecule has 1 aliphatic carbocycles. The van der Waals surface area contributed by atoms with E-state index in [1.54, 1.807) is 0 Å². The standard InChI is InChI=1S/C20H29N5/c1-3-9-17(10-4-1)15-20(13-7-8-14-21-20)19-22-23-24-25(19)16-18-11-5-2-6-12-18/h2,5-6,11-12,17,21H,1,3-4,7-10,13-16H2. The fourth-order valence-electron chi connectivity index (χ4n) is 4.72. The van der Waals surface area contributed by atoms with Crippen LogP contribution >= 0.6 is 0 Å². The summed E-state index contributed by atoms with van der Waals surface area (Å²) in [6, 6.07) is 10.5. The molecule has 1 saturated carbocycles. The molecule has 5 nitrogen and oxygen atoms in total. The molecule has 4 rings (SSSR count). The molecule has 1 aromatic carbocycles. The number of nitrogens with one attached hydrogen (secondary N) is 1. The van der Waals surface area contributed by atoms with Gasteiger partial charge >= 0.3 is 0 Å². The first-order valence-corrected chi connectivity index (χ1v) is 9.91. The topological polar surface area (TPSA) is 55.6 Å². The molecular formula is C20H29N5. The summed E-state index contributed by atoms with van der Waals surface area (Å²) in [5.41, 5.74) is 1.21. The predicted molar refractivity (Wildman–Crippen MR) is 98.1 cm³/mol. The minimum Gasteiger partial charge on any atom is -0.305 e. The van der Waals surface area contributed by atoms with E-state index >= 15 is 0 Å². The third kappa shape index (κ3) is 3.76. The van der Waals surface area contributed by atoms with Crippen LogP contribution in [0.3, 0.4) is 0 Å². The summed E-state index contributed by atoms with van der Waals surface area (Å²) < 4.78 is 2.02. The van der Waals surface area contributed by atoms with Gasteiger partial charge in [0, 0.05) is 0 Å². The molecule has 25 heavy (non-hydrogen) atoms. The van der Waals surface area contributed by atoms with Crippen molar-refractivity contribution in [3.63, 3.8) is 0 Å². The Morgan fingerprint density at radius 3 is 2.64 bits per heavy atom. The molecule has 134 valence electrons. The van der Waals surface area contributed by atoms with E-state index in [4.69, 9.17) is 0 Å². The maximum absolute atomic E-state index is 4.51. The van der Waals surface area contributed by atoms with Crippen molar-refractivity contribution in [2.45, 2.75) is 69.9 Å². The van der Waals surface area contributed by atoms with E-state index in [0.29, 0.717) is 0 Å². The first-order valence-electron chi connectivity index (χ1n) is 9.91. The van der Waals surface area contributed by atoms with Crippen LogP contribution in [0.1, 0.15) is 69.2 Å². The van der Waals surface area contributed by atoms with E-state index in [-0.39, 0.29) is 5.54 Å². The Morgan fingerprint density at radius 2 is 1.88 bits per heavy atom. The van der Waals surface area contributed by atoms with E-state index < -0.39 is 0 Å². The van der Waals surface area contributed by atoms with Crippen LogP contribution in [-0.2, 0) is 12.1 Å². The lowest BCUT2D eigenvalue weighted by Crippen LogP contribution is -2.49. The van der Waals surface area contributed by atoms with E-state index in [9.17, 15) is 0 Å². The maximum Gasteiger partial charge on any atom is 0.171 e. The normalized spacial score (nSPS) is 25.1. The van der Waals surface area contributed by atoms with Crippen molar-refractivity contribution in [1.29, 1.82) is 0 Å². The van der Waals surface area contributed by atoms with Gasteiger partial charge in [0.05, 0.1) is 12.1 Å². The summed E-state index contributed by atoms with van der Waals surface area (Å²) >= 11 is 0. The number of hydrogen-bond donors (Lipinski definition) is 1. The quantitative estimate of drug-likeness (QED) is 0.903. The highest BCUT2D eigenvalue weighted by molar-refractivity contribution is 5.16. The van der Waals surface area contributed by atoms with Gasteiger partial charge in [0.1, 0.15) is 0 Å². The molecular weight excluding hydrogens is 310 g/mol. The second-order valence-corrected chi connectivity index (χ2v) is 7.82. The molecule has 0 amide bonds. The largest absolute Gasteiger partial charge is 0.305 e. The predicted octanol–water partition coefficient (Wildman–Crippen LogP) is 3.66. The highest BCUT2D eigenvalue weighted by Crippen LogP contribution is 2.39. The van der Waals surface area contributed by atoms with Crippen LogP contribution in [0.2, 0.25) is 0 Å². The van der Waals surface area contributed by atoms with E-state index in [1.165, 1.54) is 56.9 Å². The summed E-state index contributed by atoms with van der Waals surface area (Å²) in [6.07, 6.45) is 11.8. The molecule has 2 aromatic rings. The Hall–Kier alpha value is -1.75. The van der Waals surface area contributed by atoms with Gasteiger partial charge in [0.2, 0.25) is 0 Å². The molecule has 5 heteroatoms. The van der Waals surface area contributed by atoms with Crippen molar-refractivity contribution in [3.8, 4) is 0 Å². The van der Waals surface area contributed by atoms with Crippen molar-refractivity contribution in [2.75, 3.05) is 6.54 Å². The molecule has 2 aliphatic rings. The smallest absolute Gasteiger partial charge is 0.171 e. The van der Waals surface area contributed by atoms with Crippen molar-refractivity contribution in [1.82, 2.24) is 25.5 Å². The van der Waals surface area contributed by atoms with Gasteiger partial charge in [0.15, 0.2) is 5.82 Å². The third-order valence-corrected chi connectivity index (χ3v) is 5.99. The summed E-state index contributed by atoms with van der Waals surface area (Å²) in [7, 11) is 0. The number of tetrazole rings is 1. The fourth-order valence-corrected chi connectivity index (χ4v) is 4.72. The minimum atomic E-state index is -0.0431. The summed E-state index contributed by atoms with van der Waals surface area (Å²) in [4.78, 5) is 0. The van der Waals surface area contributed by atoms with Gasteiger partial charge in [-0.05, 0) is 54.1 Å². The van der Waals surface area contributed by atoms with E-state index in [0.717, 1.165) is 31.3 Å². The SMILES string of the molecule is c1ccc(Cn2nnnc2C2(CC3CCCCC3)CCCCN2)cc1. The van der Waals surface area contributed by atoms with Gasteiger partial charge in [-0.25, -0.2) is 4.68 Å². The first kappa shape index (κ1) is 16.7. The monoisotopic (exact) mass is 339 g/mol. The molecule has 2 fully saturated rings. The van der Waals surface area contributed by atoms with E-state index in [1.807, 2.05) is 4.68 Å². The number of rotatable bonds is 5. The van der Waals surface area contributed by atoms with Gasteiger partial charge in [-0.15, -0.1) is 5.10 Å². The van der Waals surface area contributed by atoms with Crippen LogP contribution in [0.4, 0.5) is 0 Å². The van der Waals surface area contributed by atoms with Crippen molar-refractivity contribution in [3.05, 3.63) is 41.7 Å². The van der Waals surface area contributed by atoms with Crippen molar-refractivity contribution in [2.24, 2.45) is 5.92 Å². The highest BCUT2D eigenvalue weighted by Gasteiger charge is 2.40. The number of benzene rings is 1. The number of hydrogen-bond acceptors (Lipinski definition) is 4. The maximum atomic E-state index is 4.51. The molecule has 1 aliphatic heterocycles. The molecule has 0 radical (unpaired) electrons. The molecule has 0 bridgehead atoms. The van der Waals surface area contributed by atoms with Gasteiger partial charge in [-0.1, -0.05) is 62.4 Å². The Kier molecular flexibility index (Phi) is 5.11. The van der Waals surface area contributed by atoms with Gasteiger partial charge < -0.3 is 5.32 Å². The number of nitrogens with zero attached hydrogens (tertiary/aromatic N) is 4. The second-order valence-electron chi connectivity index (χ2n) is 7.82. The zero-order valence-electron chi connectivity index (χ0n) is 15.0. The van der Waals surface area contributed by atoms with Crippen LogP contribution in [0.5, 0.6) is 0 Å². The average Bonchev–Trinajstić information content (AvgIpc) is 3.13. The Balaban J connectivity index is 1.60. The first-order chi connectivity index (χ1) is 12.4. The Bertz CT molecular complexity index is 654. The van der Waals surface area contributed by atoms with Gasteiger partial charge in [-0.2, -0.15) is 0 Å². The van der Waals surface area contributed by atoms with Gasteiger partial charge in [0.25, 0.3) is 0 Å². The van der Waals surface area contributed by atoms with Crippen molar-refractivity contribution >= 4 is 0 Å². The second kappa shape index (κ2) is 7.65. The molecule has 1 saturated heterocycles. The van der Waals surface area contributed by atoms with Gasteiger partial charge in [-0.3, -0.25) is 0 Å². The Labute approximate surface area is 150 Å². The van der Waals surface area contributed by atoms with Crippen LogP contribution < -0.4 is 5.32 Å². The van der Waals surface area contributed by atoms with E-state index in [2.05, 4.69) is 51.2 Å². The number of piperidine rings is 1. The summed E-state index contributed by atoms with van der Waals surface area (Å²) in [5.74, 6) is 1.85. The summed E-state index contributed by atoms with van der Waals surface area (Å²) in [6.45, 7) is 1.82. The molecule has 1 unspecified atom stereocenters. The molecule has 0 spiro atoms. The Morgan fingerprint density at radius 1 is 1.04 bits per heavy atom. The molecule has 1 N–H and O–H groups in total. The van der Waals surface area contributed by atoms with Crippen molar-refractivity contribution < 1.29 is 0 Å². The zero-order chi connectivity index (χ0) is 17.0. The molecule has 1 atom stereocenters. The average molecular weight is 339 g/mol.